The molecule has 0 spiro atoms. The number of allylic oxidation sites excluding steroid dienone is 1. The van der Waals surface area contributed by atoms with Crippen LogP contribution in [-0.2, 0) is 4.74 Å². The predicted octanol–water partition coefficient (Wildman–Crippen LogP) is 4.06. The molecule has 0 bridgehead atoms. The van der Waals surface area contributed by atoms with E-state index in [1.807, 2.05) is 0 Å². The second-order valence-corrected chi connectivity index (χ2v) is 5.30. The fourth-order valence-corrected chi connectivity index (χ4v) is 3.32. The first-order valence-corrected chi connectivity index (χ1v) is 7.74. The number of likely N-dealkylation sites (N-methyl/N-ethyl adjacent to an activating group) is 1. The molecule has 0 radical (unpaired) electrons. The Kier molecular flexibility index (Phi) is 6.95. The summed E-state index contributed by atoms with van der Waals surface area (Å²) >= 11 is 0. The summed E-state index contributed by atoms with van der Waals surface area (Å²) in [6.45, 7) is 7.41. The van der Waals surface area contributed by atoms with Crippen molar-refractivity contribution >= 4 is 0 Å². The molecule has 0 fully saturated rings. The second kappa shape index (κ2) is 7.96. The fourth-order valence-electron chi connectivity index (χ4n) is 3.32. The molecule has 1 unspecified atom stereocenters. The standard InChI is InChI=1S/C16H31NO/c1-5-16(6-2,18-7-3)15(17-4)14-12-10-8-9-11-13-14/h12,15,17H,5-11,13H2,1-4H3. The third-order valence-electron chi connectivity index (χ3n) is 4.39. The largest absolute Gasteiger partial charge is 0.373 e. The second-order valence-electron chi connectivity index (χ2n) is 5.30. The first-order valence-electron chi connectivity index (χ1n) is 7.74. The number of rotatable bonds is 7. The van der Waals surface area contributed by atoms with Gasteiger partial charge in [-0.15, -0.1) is 0 Å². The molecule has 1 aliphatic carbocycles. The summed E-state index contributed by atoms with van der Waals surface area (Å²) < 4.78 is 6.17. The van der Waals surface area contributed by atoms with Gasteiger partial charge in [-0.3, -0.25) is 0 Å². The van der Waals surface area contributed by atoms with Gasteiger partial charge in [0.1, 0.15) is 0 Å². The van der Waals surface area contributed by atoms with Crippen molar-refractivity contribution in [2.45, 2.75) is 77.4 Å². The van der Waals surface area contributed by atoms with Crippen LogP contribution in [0.3, 0.4) is 0 Å². The normalized spacial score (nSPS) is 19.2. The monoisotopic (exact) mass is 253 g/mol. The predicted molar refractivity (Wildman–Crippen MR) is 79.0 cm³/mol. The van der Waals surface area contributed by atoms with Crippen LogP contribution in [0.15, 0.2) is 11.6 Å². The van der Waals surface area contributed by atoms with E-state index in [9.17, 15) is 0 Å². The van der Waals surface area contributed by atoms with Crippen LogP contribution in [0.4, 0.5) is 0 Å². The fraction of sp³-hybridized carbons (Fsp3) is 0.875. The molecule has 1 rings (SSSR count). The van der Waals surface area contributed by atoms with E-state index in [1.54, 1.807) is 5.57 Å². The maximum atomic E-state index is 6.17. The van der Waals surface area contributed by atoms with E-state index in [4.69, 9.17) is 4.74 Å². The van der Waals surface area contributed by atoms with Gasteiger partial charge in [-0.2, -0.15) is 0 Å². The molecule has 1 atom stereocenters. The maximum absolute atomic E-state index is 6.17. The molecule has 106 valence electrons. The van der Waals surface area contributed by atoms with Crippen LogP contribution >= 0.6 is 0 Å². The van der Waals surface area contributed by atoms with Crippen LogP contribution in [0.1, 0.15) is 65.7 Å². The average Bonchev–Trinajstić information content (AvgIpc) is 2.67. The van der Waals surface area contributed by atoms with Crippen LogP contribution < -0.4 is 5.32 Å². The molecule has 0 aliphatic heterocycles. The summed E-state index contributed by atoms with van der Waals surface area (Å²) in [6, 6.07) is 0.380. The van der Waals surface area contributed by atoms with Gasteiger partial charge in [-0.05, 0) is 52.5 Å². The molecule has 0 saturated heterocycles. The smallest absolute Gasteiger partial charge is 0.0867 e. The zero-order chi connectivity index (χ0) is 13.4. The van der Waals surface area contributed by atoms with Crippen molar-refractivity contribution < 1.29 is 4.74 Å². The van der Waals surface area contributed by atoms with Gasteiger partial charge in [0.05, 0.1) is 11.6 Å². The van der Waals surface area contributed by atoms with Crippen molar-refractivity contribution in [2.24, 2.45) is 0 Å². The van der Waals surface area contributed by atoms with E-state index in [-0.39, 0.29) is 5.60 Å². The molecule has 1 aliphatic rings. The van der Waals surface area contributed by atoms with Crippen molar-refractivity contribution in [3.63, 3.8) is 0 Å². The minimum atomic E-state index is -0.0281. The zero-order valence-electron chi connectivity index (χ0n) is 12.7. The molecule has 2 heteroatoms. The van der Waals surface area contributed by atoms with Crippen molar-refractivity contribution in [3.05, 3.63) is 11.6 Å². The molecular weight excluding hydrogens is 222 g/mol. The summed E-state index contributed by atoms with van der Waals surface area (Å²) in [5, 5.41) is 3.53. The first kappa shape index (κ1) is 15.7. The number of ether oxygens (including phenoxy) is 1. The molecule has 0 saturated carbocycles. The first-order chi connectivity index (χ1) is 8.74. The zero-order valence-corrected chi connectivity index (χ0v) is 12.7. The van der Waals surface area contributed by atoms with Gasteiger partial charge in [-0.1, -0.05) is 31.9 Å². The highest BCUT2D eigenvalue weighted by Gasteiger charge is 2.37. The van der Waals surface area contributed by atoms with Crippen LogP contribution in [0.2, 0.25) is 0 Å². The van der Waals surface area contributed by atoms with Crippen LogP contribution in [0.5, 0.6) is 0 Å². The van der Waals surface area contributed by atoms with Crippen molar-refractivity contribution in [1.82, 2.24) is 5.32 Å². The third-order valence-corrected chi connectivity index (χ3v) is 4.39. The Morgan fingerprint density at radius 3 is 2.50 bits per heavy atom. The van der Waals surface area contributed by atoms with Gasteiger partial charge in [0.15, 0.2) is 0 Å². The van der Waals surface area contributed by atoms with E-state index in [2.05, 4.69) is 39.2 Å². The molecule has 2 nitrogen and oxygen atoms in total. The quantitative estimate of drug-likeness (QED) is 0.691. The van der Waals surface area contributed by atoms with Gasteiger partial charge in [0, 0.05) is 6.61 Å². The molecule has 1 N–H and O–H groups in total. The van der Waals surface area contributed by atoms with Gasteiger partial charge in [0.2, 0.25) is 0 Å². The van der Waals surface area contributed by atoms with Crippen molar-refractivity contribution in [3.8, 4) is 0 Å². The topological polar surface area (TPSA) is 21.3 Å². The van der Waals surface area contributed by atoms with E-state index >= 15 is 0 Å². The SMILES string of the molecule is CCOC(CC)(CC)C(NC)C1=CCCCCC1. The van der Waals surface area contributed by atoms with Crippen molar-refractivity contribution in [2.75, 3.05) is 13.7 Å². The summed E-state index contributed by atoms with van der Waals surface area (Å²) in [6.07, 6.45) is 11.1. The average molecular weight is 253 g/mol. The summed E-state index contributed by atoms with van der Waals surface area (Å²) in [5.41, 5.74) is 1.55. The van der Waals surface area contributed by atoms with Crippen molar-refractivity contribution in [1.29, 1.82) is 0 Å². The van der Waals surface area contributed by atoms with E-state index in [0.717, 1.165) is 19.4 Å². The number of hydrogen-bond acceptors (Lipinski definition) is 2. The number of nitrogens with one attached hydrogen (secondary N) is 1. The lowest BCUT2D eigenvalue weighted by atomic mass is 9.82. The number of hydrogen-bond donors (Lipinski definition) is 1. The molecule has 18 heavy (non-hydrogen) atoms. The Labute approximate surface area is 113 Å². The van der Waals surface area contributed by atoms with Gasteiger partial charge >= 0.3 is 0 Å². The lowest BCUT2D eigenvalue weighted by Gasteiger charge is -2.40. The van der Waals surface area contributed by atoms with Crippen LogP contribution in [-0.4, -0.2) is 25.3 Å². The Hall–Kier alpha value is -0.340. The highest BCUT2D eigenvalue weighted by Crippen LogP contribution is 2.32. The Balaban J connectivity index is 2.92. The summed E-state index contributed by atoms with van der Waals surface area (Å²) in [4.78, 5) is 0. The highest BCUT2D eigenvalue weighted by atomic mass is 16.5. The minimum absolute atomic E-state index is 0.0281. The molecule has 0 aromatic rings. The Morgan fingerprint density at radius 2 is 1.94 bits per heavy atom. The molecule has 0 aromatic carbocycles. The van der Waals surface area contributed by atoms with E-state index in [1.165, 1.54) is 32.1 Å². The van der Waals surface area contributed by atoms with Crippen LogP contribution in [0, 0.1) is 0 Å². The summed E-state index contributed by atoms with van der Waals surface area (Å²) in [7, 11) is 2.08. The van der Waals surface area contributed by atoms with E-state index < -0.39 is 0 Å². The molecule has 0 heterocycles. The van der Waals surface area contributed by atoms with Gasteiger partial charge in [-0.25, -0.2) is 0 Å². The van der Waals surface area contributed by atoms with E-state index in [0.29, 0.717) is 6.04 Å². The van der Waals surface area contributed by atoms with Gasteiger partial charge in [0.25, 0.3) is 0 Å². The Bertz CT molecular complexity index is 256. The molecule has 0 amide bonds. The molecule has 0 aromatic heterocycles. The lowest BCUT2D eigenvalue weighted by Crippen LogP contribution is -2.52. The summed E-state index contributed by atoms with van der Waals surface area (Å²) in [5.74, 6) is 0. The van der Waals surface area contributed by atoms with Gasteiger partial charge < -0.3 is 10.1 Å². The Morgan fingerprint density at radius 1 is 1.22 bits per heavy atom. The maximum Gasteiger partial charge on any atom is 0.0867 e. The minimum Gasteiger partial charge on any atom is -0.373 e. The highest BCUT2D eigenvalue weighted by molar-refractivity contribution is 5.18. The third kappa shape index (κ3) is 3.58. The van der Waals surface area contributed by atoms with Crippen LogP contribution in [0.25, 0.3) is 0 Å². The molecular formula is C16H31NO. The lowest BCUT2D eigenvalue weighted by molar-refractivity contribution is -0.0628.